The fraction of sp³-hybridized carbons (Fsp3) is 0. The van der Waals surface area contributed by atoms with E-state index >= 15 is 0 Å². The molecule has 0 spiro atoms. The Kier molecular flexibility index (Phi) is 6.15. The minimum Gasteiger partial charge on any atom is -0.322 e. The van der Waals surface area contributed by atoms with Gasteiger partial charge in [-0.3, -0.25) is 4.79 Å². The molecule has 1 amide bonds. The average Bonchev–Trinajstić information content (AvgIpc) is 3.58. The molecule has 1 N–H and O–H groups in total. The van der Waals surface area contributed by atoms with Crippen molar-refractivity contribution in [1.82, 2.24) is 14.8 Å². The predicted octanol–water partition coefficient (Wildman–Crippen LogP) is 7.47. The van der Waals surface area contributed by atoms with Crippen LogP contribution in [0.15, 0.2) is 121 Å². The van der Waals surface area contributed by atoms with E-state index in [0.717, 1.165) is 49.0 Å². The predicted molar refractivity (Wildman–Crippen MR) is 152 cm³/mol. The van der Waals surface area contributed by atoms with Gasteiger partial charge in [-0.2, -0.15) is 5.10 Å². The lowest BCUT2D eigenvalue weighted by Gasteiger charge is -2.07. The molecule has 0 saturated carbocycles. The molecule has 6 heteroatoms. The number of carbonyl (C=O) groups excluding carboxylic acids is 1. The Morgan fingerprint density at radius 2 is 1.51 bits per heavy atom. The SMILES string of the molecule is O=C(C=Cc1cn(-c2ccccc2)nc1-c1ccccc1)Nc1ccccc1-c1nc2ccccc2s1. The van der Waals surface area contributed by atoms with E-state index in [1.807, 2.05) is 120 Å². The summed E-state index contributed by atoms with van der Waals surface area (Å²) in [5.74, 6) is -0.222. The number of fused-ring (bicyclic) bond motifs is 1. The molecule has 6 aromatic rings. The Labute approximate surface area is 218 Å². The van der Waals surface area contributed by atoms with Gasteiger partial charge in [0.2, 0.25) is 5.91 Å². The van der Waals surface area contributed by atoms with Crippen molar-refractivity contribution in [2.45, 2.75) is 0 Å². The van der Waals surface area contributed by atoms with Gasteiger partial charge in [0.15, 0.2) is 0 Å². The molecule has 0 bridgehead atoms. The van der Waals surface area contributed by atoms with E-state index in [2.05, 4.69) is 11.4 Å². The lowest BCUT2D eigenvalue weighted by atomic mass is 10.1. The highest BCUT2D eigenvalue weighted by Gasteiger charge is 2.13. The summed E-state index contributed by atoms with van der Waals surface area (Å²) in [5, 5.41) is 8.72. The molecule has 2 aromatic heterocycles. The largest absolute Gasteiger partial charge is 0.322 e. The molecule has 0 atom stereocenters. The second-order valence-electron chi connectivity index (χ2n) is 8.43. The maximum atomic E-state index is 13.0. The number of benzene rings is 4. The molecule has 0 saturated heterocycles. The van der Waals surface area contributed by atoms with Gasteiger partial charge in [-0.15, -0.1) is 11.3 Å². The number of anilines is 1. The van der Waals surface area contributed by atoms with Crippen molar-refractivity contribution in [2.75, 3.05) is 5.32 Å². The molecule has 4 aromatic carbocycles. The second kappa shape index (κ2) is 10.0. The van der Waals surface area contributed by atoms with Gasteiger partial charge in [0, 0.05) is 29.0 Å². The van der Waals surface area contributed by atoms with Crippen molar-refractivity contribution < 1.29 is 4.79 Å². The summed E-state index contributed by atoms with van der Waals surface area (Å²) < 4.78 is 2.95. The Balaban J connectivity index is 1.29. The van der Waals surface area contributed by atoms with Gasteiger partial charge < -0.3 is 5.32 Å². The first-order valence-electron chi connectivity index (χ1n) is 11.9. The Hall–Kier alpha value is -4.81. The third kappa shape index (κ3) is 4.83. The minimum absolute atomic E-state index is 0.222. The van der Waals surface area contributed by atoms with Crippen LogP contribution in [0.25, 0.3) is 43.8 Å². The number of nitrogens with zero attached hydrogens (tertiary/aromatic N) is 3. The summed E-state index contributed by atoms with van der Waals surface area (Å²) in [4.78, 5) is 17.8. The molecule has 0 aliphatic heterocycles. The van der Waals surface area contributed by atoms with E-state index in [9.17, 15) is 4.79 Å². The highest BCUT2D eigenvalue weighted by molar-refractivity contribution is 7.21. The summed E-state index contributed by atoms with van der Waals surface area (Å²) in [6, 6.07) is 35.7. The Morgan fingerprint density at radius 1 is 0.811 bits per heavy atom. The molecule has 0 aliphatic rings. The number of hydrogen-bond acceptors (Lipinski definition) is 4. The first kappa shape index (κ1) is 22.6. The molecule has 0 fully saturated rings. The normalized spacial score (nSPS) is 11.2. The molecular formula is C31H22N4OS. The standard InChI is InChI=1S/C31H22N4OS/c36-29(32-26-16-8-7-15-25(26)31-33-27-17-9-10-18-28(27)37-31)20-19-23-21-35(24-13-5-2-6-14-24)34-30(23)22-11-3-1-4-12-22/h1-21H,(H,32,36). The zero-order valence-corrected chi connectivity index (χ0v) is 20.6. The van der Waals surface area contributed by atoms with Gasteiger partial charge in [-0.05, 0) is 42.5 Å². The smallest absolute Gasteiger partial charge is 0.248 e. The first-order chi connectivity index (χ1) is 18.2. The summed E-state index contributed by atoms with van der Waals surface area (Å²) in [5.41, 5.74) is 6.17. The number of carbonyl (C=O) groups is 1. The van der Waals surface area contributed by atoms with Crippen LogP contribution in [0.4, 0.5) is 5.69 Å². The molecule has 0 unspecified atom stereocenters. The summed E-state index contributed by atoms with van der Waals surface area (Å²) in [7, 11) is 0. The average molecular weight is 499 g/mol. The van der Waals surface area contributed by atoms with E-state index < -0.39 is 0 Å². The summed E-state index contributed by atoms with van der Waals surface area (Å²) >= 11 is 1.61. The van der Waals surface area contributed by atoms with Crippen LogP contribution in [-0.2, 0) is 4.79 Å². The molecule has 2 heterocycles. The quantitative estimate of drug-likeness (QED) is 0.242. The van der Waals surface area contributed by atoms with E-state index in [0.29, 0.717) is 0 Å². The zero-order valence-electron chi connectivity index (χ0n) is 19.8. The van der Waals surface area contributed by atoms with Crippen LogP contribution in [0.3, 0.4) is 0 Å². The van der Waals surface area contributed by atoms with Crippen LogP contribution >= 0.6 is 11.3 Å². The Morgan fingerprint density at radius 3 is 2.32 bits per heavy atom. The van der Waals surface area contributed by atoms with E-state index in [1.54, 1.807) is 17.4 Å². The molecular weight excluding hydrogens is 476 g/mol. The number of thiazole rings is 1. The van der Waals surface area contributed by atoms with Crippen LogP contribution in [-0.4, -0.2) is 20.7 Å². The molecule has 0 aliphatic carbocycles. The summed E-state index contributed by atoms with van der Waals surface area (Å²) in [6.45, 7) is 0. The van der Waals surface area contributed by atoms with Crippen LogP contribution in [0.5, 0.6) is 0 Å². The van der Waals surface area contributed by atoms with Crippen LogP contribution < -0.4 is 5.32 Å². The zero-order chi connectivity index (χ0) is 25.0. The first-order valence-corrected chi connectivity index (χ1v) is 12.7. The fourth-order valence-corrected chi connectivity index (χ4v) is 5.15. The number of para-hydroxylation sites is 3. The fourth-order valence-electron chi connectivity index (χ4n) is 4.15. The molecule has 37 heavy (non-hydrogen) atoms. The van der Waals surface area contributed by atoms with Gasteiger partial charge in [0.25, 0.3) is 0 Å². The second-order valence-corrected chi connectivity index (χ2v) is 9.46. The lowest BCUT2D eigenvalue weighted by Crippen LogP contribution is -2.08. The molecule has 5 nitrogen and oxygen atoms in total. The van der Waals surface area contributed by atoms with Crippen molar-refractivity contribution in [2.24, 2.45) is 0 Å². The van der Waals surface area contributed by atoms with Crippen LogP contribution in [0.2, 0.25) is 0 Å². The van der Waals surface area contributed by atoms with Crippen molar-refractivity contribution >= 4 is 39.2 Å². The van der Waals surface area contributed by atoms with E-state index in [-0.39, 0.29) is 5.91 Å². The molecule has 6 rings (SSSR count). The number of aromatic nitrogens is 3. The van der Waals surface area contributed by atoms with Gasteiger partial charge in [0.05, 0.1) is 27.3 Å². The summed E-state index contributed by atoms with van der Waals surface area (Å²) in [6.07, 6.45) is 5.30. The topological polar surface area (TPSA) is 59.8 Å². The lowest BCUT2D eigenvalue weighted by molar-refractivity contribution is -0.111. The van der Waals surface area contributed by atoms with Crippen molar-refractivity contribution in [3.8, 4) is 27.5 Å². The van der Waals surface area contributed by atoms with Crippen molar-refractivity contribution in [1.29, 1.82) is 0 Å². The number of amides is 1. The van der Waals surface area contributed by atoms with Crippen molar-refractivity contribution in [3.05, 3.63) is 127 Å². The van der Waals surface area contributed by atoms with Gasteiger partial charge in [-0.1, -0.05) is 72.8 Å². The number of rotatable bonds is 6. The van der Waals surface area contributed by atoms with Gasteiger partial charge >= 0.3 is 0 Å². The van der Waals surface area contributed by atoms with E-state index in [4.69, 9.17) is 10.1 Å². The van der Waals surface area contributed by atoms with Gasteiger partial charge in [0.1, 0.15) is 5.01 Å². The van der Waals surface area contributed by atoms with Crippen molar-refractivity contribution in [3.63, 3.8) is 0 Å². The molecule has 0 radical (unpaired) electrons. The third-order valence-corrected chi connectivity index (χ3v) is 7.00. The molecule has 178 valence electrons. The highest BCUT2D eigenvalue weighted by atomic mass is 32.1. The monoisotopic (exact) mass is 498 g/mol. The van der Waals surface area contributed by atoms with Gasteiger partial charge in [-0.25, -0.2) is 9.67 Å². The maximum Gasteiger partial charge on any atom is 0.248 e. The minimum atomic E-state index is -0.222. The van der Waals surface area contributed by atoms with E-state index in [1.165, 1.54) is 0 Å². The highest BCUT2D eigenvalue weighted by Crippen LogP contribution is 2.34. The van der Waals surface area contributed by atoms with Crippen LogP contribution in [0.1, 0.15) is 5.56 Å². The van der Waals surface area contributed by atoms with Crippen LogP contribution in [0, 0.1) is 0 Å². The number of hydrogen-bond donors (Lipinski definition) is 1. The number of nitrogens with one attached hydrogen (secondary N) is 1. The Bertz CT molecular complexity index is 1690. The maximum absolute atomic E-state index is 13.0. The third-order valence-electron chi connectivity index (χ3n) is 5.93.